The van der Waals surface area contributed by atoms with E-state index in [0.29, 0.717) is 6.54 Å². The summed E-state index contributed by atoms with van der Waals surface area (Å²) in [5.74, 6) is 1.15. The first-order valence-electron chi connectivity index (χ1n) is 4.89. The highest BCUT2D eigenvalue weighted by molar-refractivity contribution is 7.99. The Hall–Kier alpha value is -0.730. The lowest BCUT2D eigenvalue weighted by Gasteiger charge is -2.02. The van der Waals surface area contributed by atoms with Crippen LogP contribution in [0.4, 0.5) is 0 Å². The minimum absolute atomic E-state index is 0.626. The second-order valence-corrected chi connectivity index (χ2v) is 4.30. The van der Waals surface area contributed by atoms with E-state index in [9.17, 15) is 0 Å². The van der Waals surface area contributed by atoms with Gasteiger partial charge in [-0.15, -0.1) is 18.3 Å². The van der Waals surface area contributed by atoms with Crippen molar-refractivity contribution in [1.82, 2.24) is 0 Å². The van der Waals surface area contributed by atoms with Crippen molar-refractivity contribution >= 4 is 11.8 Å². The fourth-order valence-electron chi connectivity index (χ4n) is 1.18. The minimum Gasteiger partial charge on any atom is -0.326 e. The molecule has 14 heavy (non-hydrogen) atoms. The van der Waals surface area contributed by atoms with E-state index in [1.165, 1.54) is 16.9 Å². The molecule has 0 aromatic heterocycles. The summed E-state index contributed by atoms with van der Waals surface area (Å²) in [6.45, 7) is 4.33. The van der Waals surface area contributed by atoms with Gasteiger partial charge in [-0.3, -0.25) is 0 Å². The summed E-state index contributed by atoms with van der Waals surface area (Å²) in [6, 6.07) is 8.43. The molecular formula is C12H17NS. The zero-order valence-corrected chi connectivity index (χ0v) is 9.22. The molecule has 1 aromatic rings. The second kappa shape index (κ2) is 6.68. The number of benzene rings is 1. The maximum Gasteiger partial charge on any atom is 0.0178 e. The molecule has 1 nitrogen and oxygen atoms in total. The summed E-state index contributed by atoms with van der Waals surface area (Å²) in [5.41, 5.74) is 6.78. The predicted molar refractivity (Wildman–Crippen MR) is 64.5 cm³/mol. The van der Waals surface area contributed by atoms with E-state index in [2.05, 4.69) is 30.8 Å². The Labute approximate surface area is 90.4 Å². The summed E-state index contributed by atoms with van der Waals surface area (Å²) in [6.07, 6.45) is 4.27. The van der Waals surface area contributed by atoms with Crippen LogP contribution in [0, 0.1) is 0 Å². The molecule has 0 aliphatic carbocycles. The van der Waals surface area contributed by atoms with Crippen molar-refractivity contribution in [1.29, 1.82) is 0 Å². The SMILES string of the molecule is C=CCCCSc1cccc(CN)c1. The van der Waals surface area contributed by atoms with E-state index in [1.54, 1.807) is 0 Å². The third kappa shape index (κ3) is 3.99. The highest BCUT2D eigenvalue weighted by atomic mass is 32.2. The molecule has 0 fully saturated rings. The van der Waals surface area contributed by atoms with Gasteiger partial charge in [0.25, 0.3) is 0 Å². The van der Waals surface area contributed by atoms with Crippen molar-refractivity contribution in [2.24, 2.45) is 5.73 Å². The maximum atomic E-state index is 5.57. The first kappa shape index (κ1) is 11.3. The molecule has 0 heterocycles. The number of unbranched alkanes of at least 4 members (excludes halogenated alkanes) is 1. The molecule has 0 atom stereocenters. The Morgan fingerprint density at radius 3 is 3.00 bits per heavy atom. The summed E-state index contributed by atoms with van der Waals surface area (Å²) in [7, 11) is 0. The van der Waals surface area contributed by atoms with Crippen LogP contribution in [0.3, 0.4) is 0 Å². The zero-order valence-electron chi connectivity index (χ0n) is 8.41. The number of allylic oxidation sites excluding steroid dienone is 1. The van der Waals surface area contributed by atoms with Gasteiger partial charge >= 0.3 is 0 Å². The maximum absolute atomic E-state index is 5.57. The molecule has 0 unspecified atom stereocenters. The van der Waals surface area contributed by atoms with Gasteiger partial charge in [-0.2, -0.15) is 0 Å². The largest absolute Gasteiger partial charge is 0.326 e. The van der Waals surface area contributed by atoms with E-state index in [4.69, 9.17) is 5.73 Å². The number of thioether (sulfide) groups is 1. The molecule has 0 spiro atoms. The summed E-state index contributed by atoms with van der Waals surface area (Å²) in [4.78, 5) is 1.32. The molecule has 0 amide bonds. The number of rotatable bonds is 6. The van der Waals surface area contributed by atoms with E-state index < -0.39 is 0 Å². The average Bonchev–Trinajstić information content (AvgIpc) is 2.25. The van der Waals surface area contributed by atoms with Gasteiger partial charge in [-0.1, -0.05) is 18.2 Å². The normalized spacial score (nSPS) is 10.1. The Kier molecular flexibility index (Phi) is 5.42. The van der Waals surface area contributed by atoms with Gasteiger partial charge in [0, 0.05) is 11.4 Å². The molecule has 1 aromatic carbocycles. The van der Waals surface area contributed by atoms with Crippen molar-refractivity contribution in [2.75, 3.05) is 5.75 Å². The standard InChI is InChI=1S/C12H17NS/c1-2-3-4-8-14-12-7-5-6-11(9-12)10-13/h2,5-7,9H,1,3-4,8,10,13H2. The first-order chi connectivity index (χ1) is 6.86. The average molecular weight is 207 g/mol. The summed E-state index contributed by atoms with van der Waals surface area (Å²) < 4.78 is 0. The van der Waals surface area contributed by atoms with E-state index in [0.717, 1.165) is 12.2 Å². The number of hydrogen-bond acceptors (Lipinski definition) is 2. The molecule has 1 rings (SSSR count). The molecule has 0 saturated carbocycles. The Bertz CT molecular complexity index is 283. The van der Waals surface area contributed by atoms with Gasteiger partial charge in [-0.25, -0.2) is 0 Å². The van der Waals surface area contributed by atoms with Crippen LogP contribution in [0.15, 0.2) is 41.8 Å². The molecule has 0 aliphatic heterocycles. The van der Waals surface area contributed by atoms with E-state index in [-0.39, 0.29) is 0 Å². The fourth-order valence-corrected chi connectivity index (χ4v) is 2.14. The first-order valence-corrected chi connectivity index (χ1v) is 5.88. The van der Waals surface area contributed by atoms with E-state index in [1.807, 2.05) is 17.8 Å². The van der Waals surface area contributed by atoms with Gasteiger partial charge in [-0.05, 0) is 36.3 Å². The van der Waals surface area contributed by atoms with Crippen molar-refractivity contribution < 1.29 is 0 Å². The third-order valence-corrected chi connectivity index (χ3v) is 3.04. The lowest BCUT2D eigenvalue weighted by atomic mass is 10.2. The molecule has 2 heteroatoms. The summed E-state index contributed by atoms with van der Waals surface area (Å²) >= 11 is 1.89. The lowest BCUT2D eigenvalue weighted by Crippen LogP contribution is -1.95. The molecule has 76 valence electrons. The van der Waals surface area contributed by atoms with Crippen LogP contribution < -0.4 is 5.73 Å². The van der Waals surface area contributed by atoms with Crippen molar-refractivity contribution in [2.45, 2.75) is 24.3 Å². The second-order valence-electron chi connectivity index (χ2n) is 3.13. The van der Waals surface area contributed by atoms with Crippen LogP contribution >= 0.6 is 11.8 Å². The van der Waals surface area contributed by atoms with E-state index >= 15 is 0 Å². The van der Waals surface area contributed by atoms with Crippen LogP contribution in [-0.2, 0) is 6.54 Å². The molecule has 0 aliphatic rings. The van der Waals surface area contributed by atoms with Crippen molar-refractivity contribution in [3.63, 3.8) is 0 Å². The Morgan fingerprint density at radius 2 is 2.29 bits per heavy atom. The van der Waals surface area contributed by atoms with Gasteiger partial charge in [0.05, 0.1) is 0 Å². The lowest BCUT2D eigenvalue weighted by molar-refractivity contribution is 0.973. The Morgan fingerprint density at radius 1 is 1.43 bits per heavy atom. The van der Waals surface area contributed by atoms with Crippen LogP contribution in [-0.4, -0.2) is 5.75 Å². The highest BCUT2D eigenvalue weighted by Gasteiger charge is 1.94. The van der Waals surface area contributed by atoms with Crippen LogP contribution in [0.1, 0.15) is 18.4 Å². The van der Waals surface area contributed by atoms with Gasteiger partial charge in [0.2, 0.25) is 0 Å². The van der Waals surface area contributed by atoms with Gasteiger partial charge < -0.3 is 5.73 Å². The predicted octanol–water partition coefficient (Wildman–Crippen LogP) is 3.20. The number of nitrogens with two attached hydrogens (primary N) is 1. The third-order valence-electron chi connectivity index (χ3n) is 1.96. The zero-order chi connectivity index (χ0) is 10.2. The van der Waals surface area contributed by atoms with Crippen LogP contribution in [0.2, 0.25) is 0 Å². The molecular weight excluding hydrogens is 190 g/mol. The number of hydrogen-bond donors (Lipinski definition) is 1. The minimum atomic E-state index is 0.626. The smallest absolute Gasteiger partial charge is 0.0178 e. The van der Waals surface area contributed by atoms with Gasteiger partial charge in [0.15, 0.2) is 0 Å². The Balaban J connectivity index is 2.38. The molecule has 2 N–H and O–H groups in total. The monoisotopic (exact) mass is 207 g/mol. The van der Waals surface area contributed by atoms with Crippen LogP contribution in [0.5, 0.6) is 0 Å². The quantitative estimate of drug-likeness (QED) is 0.440. The molecule has 0 bridgehead atoms. The van der Waals surface area contributed by atoms with Gasteiger partial charge in [0.1, 0.15) is 0 Å². The van der Waals surface area contributed by atoms with Crippen molar-refractivity contribution in [3.8, 4) is 0 Å². The fraction of sp³-hybridized carbons (Fsp3) is 0.333. The highest BCUT2D eigenvalue weighted by Crippen LogP contribution is 2.20. The van der Waals surface area contributed by atoms with Crippen molar-refractivity contribution in [3.05, 3.63) is 42.5 Å². The molecule has 0 saturated heterocycles. The topological polar surface area (TPSA) is 26.0 Å². The van der Waals surface area contributed by atoms with Crippen LogP contribution in [0.25, 0.3) is 0 Å². The summed E-state index contributed by atoms with van der Waals surface area (Å²) in [5, 5.41) is 0. The molecule has 0 radical (unpaired) electrons.